The van der Waals surface area contributed by atoms with Crippen LogP contribution in [0.15, 0.2) is 12.2 Å². The van der Waals surface area contributed by atoms with E-state index in [2.05, 4.69) is 11.3 Å². The number of hydrogen-bond acceptors (Lipinski definition) is 4. The van der Waals surface area contributed by atoms with Crippen molar-refractivity contribution in [1.29, 1.82) is 0 Å². The van der Waals surface area contributed by atoms with Crippen molar-refractivity contribution in [2.24, 2.45) is 0 Å². The molecule has 0 aromatic rings. The van der Waals surface area contributed by atoms with Crippen molar-refractivity contribution in [3.63, 3.8) is 0 Å². The third-order valence-corrected chi connectivity index (χ3v) is 3.25. The van der Waals surface area contributed by atoms with Crippen molar-refractivity contribution in [3.05, 3.63) is 12.2 Å². The van der Waals surface area contributed by atoms with Crippen LogP contribution in [0.1, 0.15) is 59.3 Å². The predicted octanol–water partition coefficient (Wildman–Crippen LogP) is 3.40. The van der Waals surface area contributed by atoms with Crippen molar-refractivity contribution in [3.8, 4) is 0 Å². The van der Waals surface area contributed by atoms with Crippen molar-refractivity contribution in [2.45, 2.75) is 64.9 Å². The first-order chi connectivity index (χ1) is 8.84. The molecule has 0 aliphatic carbocycles. The van der Waals surface area contributed by atoms with Crippen LogP contribution >= 0.6 is 0 Å². The maximum Gasteiger partial charge on any atom is 0.333 e. The van der Waals surface area contributed by atoms with Gasteiger partial charge in [0.25, 0.3) is 0 Å². The first-order valence-electron chi connectivity index (χ1n) is 6.80. The Balaban J connectivity index is 4.01. The van der Waals surface area contributed by atoms with Crippen LogP contribution in [0.25, 0.3) is 0 Å². The zero-order valence-corrected chi connectivity index (χ0v) is 12.6. The first kappa shape index (κ1) is 17.7. The molecular weight excluding hydrogens is 244 g/mol. The molecule has 0 saturated carbocycles. The summed E-state index contributed by atoms with van der Waals surface area (Å²) < 4.78 is 10.0. The van der Waals surface area contributed by atoms with E-state index in [0.717, 1.165) is 32.1 Å². The van der Waals surface area contributed by atoms with Gasteiger partial charge in [-0.25, -0.2) is 4.79 Å². The van der Waals surface area contributed by atoms with Gasteiger partial charge >= 0.3 is 11.9 Å². The van der Waals surface area contributed by atoms with E-state index in [9.17, 15) is 9.59 Å². The van der Waals surface area contributed by atoms with Crippen LogP contribution in [0.3, 0.4) is 0 Å². The summed E-state index contributed by atoms with van der Waals surface area (Å²) >= 11 is 0. The Labute approximate surface area is 116 Å². The monoisotopic (exact) mass is 270 g/mol. The van der Waals surface area contributed by atoms with Crippen LogP contribution in [0.2, 0.25) is 0 Å². The highest BCUT2D eigenvalue weighted by Crippen LogP contribution is 2.24. The van der Waals surface area contributed by atoms with Gasteiger partial charge in [0.05, 0.1) is 7.11 Å². The van der Waals surface area contributed by atoms with E-state index in [4.69, 9.17) is 4.74 Å². The number of rotatable bonds is 9. The number of carbonyl (C=O) groups is 2. The van der Waals surface area contributed by atoms with Crippen LogP contribution < -0.4 is 0 Å². The maximum absolute atomic E-state index is 11.6. The second-order valence-electron chi connectivity index (χ2n) is 5.11. The number of ether oxygens (including phenoxy) is 2. The Morgan fingerprint density at radius 2 is 1.84 bits per heavy atom. The molecule has 0 aromatic carbocycles. The van der Waals surface area contributed by atoms with Gasteiger partial charge in [-0.1, -0.05) is 19.9 Å². The molecule has 0 rings (SSSR count). The fourth-order valence-electron chi connectivity index (χ4n) is 1.66. The van der Waals surface area contributed by atoms with E-state index in [1.165, 1.54) is 7.11 Å². The van der Waals surface area contributed by atoms with E-state index < -0.39 is 5.60 Å². The summed E-state index contributed by atoms with van der Waals surface area (Å²) in [6, 6.07) is 0. The molecule has 0 bridgehead atoms. The average Bonchev–Trinajstić information content (AvgIpc) is 2.37. The third-order valence-electron chi connectivity index (χ3n) is 3.25. The minimum Gasteiger partial charge on any atom is -0.469 e. The standard InChI is InChI=1S/C15H26O4/c1-6-15(4,19-14(17)12(2)3)11-9-7-8-10-13(16)18-5/h2,6-11H2,1,3-5H3. The van der Waals surface area contributed by atoms with Crippen LogP contribution in [-0.4, -0.2) is 24.6 Å². The Kier molecular flexibility index (Phi) is 8.12. The molecule has 0 aromatic heterocycles. The molecule has 0 fully saturated rings. The van der Waals surface area contributed by atoms with Gasteiger partial charge < -0.3 is 9.47 Å². The molecule has 0 amide bonds. The third kappa shape index (κ3) is 7.65. The smallest absolute Gasteiger partial charge is 0.333 e. The molecule has 0 heterocycles. The number of carbonyl (C=O) groups excluding carboxylic acids is 2. The van der Waals surface area contributed by atoms with E-state index in [0.29, 0.717) is 12.0 Å². The Bertz CT molecular complexity index is 322. The lowest BCUT2D eigenvalue weighted by molar-refractivity contribution is -0.154. The molecule has 19 heavy (non-hydrogen) atoms. The van der Waals surface area contributed by atoms with E-state index in [1.54, 1.807) is 6.92 Å². The number of methoxy groups -OCH3 is 1. The van der Waals surface area contributed by atoms with Gasteiger partial charge in [0.2, 0.25) is 0 Å². The van der Waals surface area contributed by atoms with Crippen molar-refractivity contribution in [1.82, 2.24) is 0 Å². The Hall–Kier alpha value is -1.32. The average molecular weight is 270 g/mol. The van der Waals surface area contributed by atoms with E-state index in [1.807, 2.05) is 13.8 Å². The molecule has 0 N–H and O–H groups in total. The number of esters is 2. The summed E-state index contributed by atoms with van der Waals surface area (Å²) in [5.74, 6) is -0.508. The molecular formula is C15H26O4. The fraction of sp³-hybridized carbons (Fsp3) is 0.733. The SMILES string of the molecule is C=C(C)C(=O)OC(C)(CC)CCCCCC(=O)OC. The normalized spacial score (nSPS) is 13.5. The van der Waals surface area contributed by atoms with E-state index in [-0.39, 0.29) is 11.9 Å². The molecule has 0 radical (unpaired) electrons. The molecule has 0 aliphatic heterocycles. The molecule has 0 aliphatic rings. The highest BCUT2D eigenvalue weighted by atomic mass is 16.6. The molecule has 1 unspecified atom stereocenters. The highest BCUT2D eigenvalue weighted by molar-refractivity contribution is 5.87. The van der Waals surface area contributed by atoms with Gasteiger partial charge in [-0.15, -0.1) is 0 Å². The van der Waals surface area contributed by atoms with Gasteiger partial charge in [-0.2, -0.15) is 0 Å². The zero-order valence-electron chi connectivity index (χ0n) is 12.6. The largest absolute Gasteiger partial charge is 0.469 e. The van der Waals surface area contributed by atoms with Crippen LogP contribution in [0, 0.1) is 0 Å². The van der Waals surface area contributed by atoms with Gasteiger partial charge in [0.15, 0.2) is 0 Å². The zero-order chi connectivity index (χ0) is 14.9. The summed E-state index contributed by atoms with van der Waals surface area (Å²) in [6.45, 7) is 9.17. The maximum atomic E-state index is 11.6. The molecule has 0 saturated heterocycles. The molecule has 110 valence electrons. The fourth-order valence-corrected chi connectivity index (χ4v) is 1.66. The Morgan fingerprint density at radius 1 is 1.21 bits per heavy atom. The van der Waals surface area contributed by atoms with Gasteiger partial charge in [-0.3, -0.25) is 4.79 Å². The van der Waals surface area contributed by atoms with Gasteiger partial charge in [0.1, 0.15) is 5.60 Å². The van der Waals surface area contributed by atoms with Gasteiger partial charge in [-0.05, 0) is 39.5 Å². The second kappa shape index (κ2) is 8.73. The molecule has 4 heteroatoms. The lowest BCUT2D eigenvalue weighted by atomic mass is 9.95. The summed E-state index contributed by atoms with van der Waals surface area (Å²) in [6.07, 6.45) is 4.67. The minimum atomic E-state index is -0.443. The quantitative estimate of drug-likeness (QED) is 0.366. The number of unbranched alkanes of at least 4 members (excludes halogenated alkanes) is 2. The topological polar surface area (TPSA) is 52.6 Å². The number of hydrogen-bond donors (Lipinski definition) is 0. The van der Waals surface area contributed by atoms with E-state index >= 15 is 0 Å². The molecule has 4 nitrogen and oxygen atoms in total. The van der Waals surface area contributed by atoms with Crippen molar-refractivity contribution < 1.29 is 19.1 Å². The van der Waals surface area contributed by atoms with Crippen molar-refractivity contribution in [2.75, 3.05) is 7.11 Å². The minimum absolute atomic E-state index is 0.174. The second-order valence-corrected chi connectivity index (χ2v) is 5.11. The lowest BCUT2D eigenvalue weighted by Gasteiger charge is -2.28. The Morgan fingerprint density at radius 3 is 2.32 bits per heavy atom. The lowest BCUT2D eigenvalue weighted by Crippen LogP contribution is -2.31. The highest BCUT2D eigenvalue weighted by Gasteiger charge is 2.26. The summed E-state index contributed by atoms with van der Waals surface area (Å²) in [4.78, 5) is 22.5. The first-order valence-corrected chi connectivity index (χ1v) is 6.80. The molecule has 0 spiro atoms. The molecule has 1 atom stereocenters. The van der Waals surface area contributed by atoms with Gasteiger partial charge in [0, 0.05) is 12.0 Å². The summed E-state index contributed by atoms with van der Waals surface area (Å²) in [5.41, 5.74) is -0.0215. The summed E-state index contributed by atoms with van der Waals surface area (Å²) in [5, 5.41) is 0. The van der Waals surface area contributed by atoms with Crippen LogP contribution in [0.4, 0.5) is 0 Å². The summed E-state index contributed by atoms with van der Waals surface area (Å²) in [7, 11) is 1.40. The van der Waals surface area contributed by atoms with Crippen molar-refractivity contribution >= 4 is 11.9 Å². The van der Waals surface area contributed by atoms with Crippen LogP contribution in [0.5, 0.6) is 0 Å². The van der Waals surface area contributed by atoms with Crippen LogP contribution in [-0.2, 0) is 19.1 Å². The predicted molar refractivity (Wildman–Crippen MR) is 74.7 cm³/mol.